The number of hydrogen-bond acceptors (Lipinski definition) is 4. The Morgan fingerprint density at radius 2 is 1.85 bits per heavy atom. The van der Waals surface area contributed by atoms with Crippen molar-refractivity contribution in [1.82, 2.24) is 5.32 Å². The van der Waals surface area contributed by atoms with Crippen LogP contribution < -0.4 is 5.32 Å². The molecule has 0 atom stereocenters. The lowest BCUT2D eigenvalue weighted by Gasteiger charge is -2.08. The van der Waals surface area contributed by atoms with E-state index in [4.69, 9.17) is 27.9 Å². The van der Waals surface area contributed by atoms with Crippen molar-refractivity contribution in [2.24, 2.45) is 0 Å². The fourth-order valence-electron chi connectivity index (χ4n) is 2.10. The molecule has 0 heterocycles. The first kappa shape index (κ1) is 20.6. The first-order chi connectivity index (χ1) is 12.5. The molecule has 0 aliphatic carbocycles. The molecular formula is C19H19Cl2NO3S. The lowest BCUT2D eigenvalue weighted by Crippen LogP contribution is -2.30. The summed E-state index contributed by atoms with van der Waals surface area (Å²) in [6, 6.07) is 15.0. The van der Waals surface area contributed by atoms with Crippen molar-refractivity contribution in [1.29, 1.82) is 0 Å². The van der Waals surface area contributed by atoms with Gasteiger partial charge in [-0.15, -0.1) is 0 Å². The Hall–Kier alpha value is -1.69. The number of nitrogens with one attached hydrogen (secondary N) is 1. The van der Waals surface area contributed by atoms with Crippen LogP contribution in [0.25, 0.3) is 0 Å². The molecule has 0 saturated heterocycles. The predicted molar refractivity (Wildman–Crippen MR) is 107 cm³/mol. The molecule has 0 aliphatic heterocycles. The van der Waals surface area contributed by atoms with Crippen molar-refractivity contribution >= 4 is 46.8 Å². The zero-order chi connectivity index (χ0) is 18.8. The number of esters is 1. The van der Waals surface area contributed by atoms with Gasteiger partial charge in [-0.3, -0.25) is 9.59 Å². The summed E-state index contributed by atoms with van der Waals surface area (Å²) >= 11 is 13.5. The number of amides is 1. The number of carbonyl (C=O) groups is 2. The minimum atomic E-state index is -0.511. The van der Waals surface area contributed by atoms with Crippen molar-refractivity contribution in [3.8, 4) is 0 Å². The molecule has 2 aromatic carbocycles. The molecule has 0 saturated carbocycles. The highest BCUT2D eigenvalue weighted by Crippen LogP contribution is 2.21. The molecule has 26 heavy (non-hydrogen) atoms. The highest BCUT2D eigenvalue weighted by Gasteiger charge is 2.11. The van der Waals surface area contributed by atoms with Gasteiger partial charge in [0.15, 0.2) is 6.61 Å². The van der Waals surface area contributed by atoms with E-state index in [-0.39, 0.29) is 18.9 Å². The van der Waals surface area contributed by atoms with Crippen LogP contribution in [-0.4, -0.2) is 30.8 Å². The van der Waals surface area contributed by atoms with Crippen molar-refractivity contribution in [3.05, 3.63) is 69.7 Å². The normalized spacial score (nSPS) is 10.4. The number of hydrogen-bond donors (Lipinski definition) is 1. The molecule has 0 bridgehead atoms. The second kappa shape index (κ2) is 11.1. The Balaban J connectivity index is 1.58. The van der Waals surface area contributed by atoms with E-state index in [0.29, 0.717) is 22.2 Å². The van der Waals surface area contributed by atoms with Crippen LogP contribution in [0, 0.1) is 0 Å². The minimum absolute atomic E-state index is 0.00376. The van der Waals surface area contributed by atoms with Crippen LogP contribution in [0.5, 0.6) is 0 Å². The quantitative estimate of drug-likeness (QED) is 0.497. The monoisotopic (exact) mass is 411 g/mol. The zero-order valence-electron chi connectivity index (χ0n) is 14.0. The summed E-state index contributed by atoms with van der Waals surface area (Å²) in [6.45, 7) is 0.226. The Morgan fingerprint density at radius 1 is 1.08 bits per heavy atom. The summed E-state index contributed by atoms with van der Waals surface area (Å²) in [5, 5.41) is 3.62. The van der Waals surface area contributed by atoms with E-state index in [0.717, 1.165) is 11.5 Å². The molecule has 1 N–H and O–H groups in total. The number of ether oxygens (including phenoxy) is 1. The van der Waals surface area contributed by atoms with Gasteiger partial charge in [0, 0.05) is 28.1 Å². The number of rotatable bonds is 9. The summed E-state index contributed by atoms with van der Waals surface area (Å²) in [5.74, 6) is 0.853. The second-order valence-electron chi connectivity index (χ2n) is 5.46. The maximum absolute atomic E-state index is 11.8. The van der Waals surface area contributed by atoms with Crippen molar-refractivity contribution in [2.75, 3.05) is 18.9 Å². The number of carbonyl (C=O) groups excluding carboxylic acids is 2. The molecule has 4 nitrogen and oxygen atoms in total. The van der Waals surface area contributed by atoms with Crippen molar-refractivity contribution < 1.29 is 14.3 Å². The summed E-state index contributed by atoms with van der Waals surface area (Å²) < 4.78 is 4.97. The largest absolute Gasteiger partial charge is 0.455 e. The topological polar surface area (TPSA) is 55.4 Å². The Kier molecular flexibility index (Phi) is 8.81. The molecule has 0 spiro atoms. The third-order valence-corrected chi connectivity index (χ3v) is 5.01. The summed E-state index contributed by atoms with van der Waals surface area (Å²) in [7, 11) is 0. The van der Waals surface area contributed by atoms with Crippen LogP contribution in [-0.2, 0) is 26.5 Å². The minimum Gasteiger partial charge on any atom is -0.455 e. The number of benzene rings is 2. The maximum atomic E-state index is 11.8. The van der Waals surface area contributed by atoms with Gasteiger partial charge in [-0.2, -0.15) is 11.8 Å². The van der Waals surface area contributed by atoms with E-state index >= 15 is 0 Å². The van der Waals surface area contributed by atoms with E-state index < -0.39 is 5.97 Å². The molecule has 0 fully saturated rings. The van der Waals surface area contributed by atoms with Gasteiger partial charge in [-0.25, -0.2) is 0 Å². The highest BCUT2D eigenvalue weighted by atomic mass is 35.5. The third-order valence-electron chi connectivity index (χ3n) is 3.39. The summed E-state index contributed by atoms with van der Waals surface area (Å²) in [4.78, 5) is 23.5. The van der Waals surface area contributed by atoms with Crippen molar-refractivity contribution in [3.63, 3.8) is 0 Å². The molecule has 0 aliphatic rings. The smallest absolute Gasteiger partial charge is 0.310 e. The van der Waals surface area contributed by atoms with Crippen LogP contribution in [0.15, 0.2) is 48.5 Å². The van der Waals surface area contributed by atoms with E-state index in [1.165, 1.54) is 5.56 Å². The first-order valence-corrected chi connectivity index (χ1v) is 9.93. The maximum Gasteiger partial charge on any atom is 0.310 e. The molecule has 0 radical (unpaired) electrons. The van der Waals surface area contributed by atoms with E-state index in [2.05, 4.69) is 17.4 Å². The molecule has 7 heteroatoms. The SMILES string of the molecule is O=C(COC(=O)Cc1ccc(Cl)cc1Cl)NCCSCc1ccccc1. The highest BCUT2D eigenvalue weighted by molar-refractivity contribution is 7.98. The van der Waals surface area contributed by atoms with Gasteiger partial charge >= 0.3 is 5.97 Å². The molecule has 1 amide bonds. The second-order valence-corrected chi connectivity index (χ2v) is 7.41. The van der Waals surface area contributed by atoms with Gasteiger partial charge in [0.05, 0.1) is 6.42 Å². The molecule has 2 aromatic rings. The molecule has 0 unspecified atom stereocenters. The molecule has 138 valence electrons. The lowest BCUT2D eigenvalue weighted by atomic mass is 10.1. The van der Waals surface area contributed by atoms with Crippen LogP contribution in [0.1, 0.15) is 11.1 Å². The molecular weight excluding hydrogens is 393 g/mol. The standard InChI is InChI=1S/C19H19Cl2NO3S/c20-16-7-6-15(17(21)11-16)10-19(24)25-12-18(23)22-8-9-26-13-14-4-2-1-3-5-14/h1-7,11H,8-10,12-13H2,(H,22,23). The van der Waals surface area contributed by atoms with E-state index in [1.54, 1.807) is 30.0 Å². The van der Waals surface area contributed by atoms with E-state index in [1.807, 2.05) is 18.2 Å². The summed E-state index contributed by atoms with van der Waals surface area (Å²) in [6.07, 6.45) is -0.00376. The first-order valence-electron chi connectivity index (χ1n) is 8.02. The lowest BCUT2D eigenvalue weighted by molar-refractivity contribution is -0.147. The van der Waals surface area contributed by atoms with Gasteiger partial charge in [-0.1, -0.05) is 59.6 Å². The molecule has 2 rings (SSSR count). The van der Waals surface area contributed by atoms with Crippen LogP contribution in [0.3, 0.4) is 0 Å². The Morgan fingerprint density at radius 3 is 2.58 bits per heavy atom. The average molecular weight is 412 g/mol. The van der Waals surface area contributed by atoms with Gasteiger partial charge in [0.25, 0.3) is 5.91 Å². The van der Waals surface area contributed by atoms with Gasteiger partial charge in [-0.05, 0) is 23.3 Å². The molecule has 0 aromatic heterocycles. The van der Waals surface area contributed by atoms with Crippen LogP contribution in [0.2, 0.25) is 10.0 Å². The number of thioether (sulfide) groups is 1. The Bertz CT molecular complexity index is 741. The predicted octanol–water partition coefficient (Wildman–Crippen LogP) is 4.13. The van der Waals surface area contributed by atoms with E-state index in [9.17, 15) is 9.59 Å². The number of halogens is 2. The fourth-order valence-corrected chi connectivity index (χ4v) is 3.39. The van der Waals surface area contributed by atoms with Gasteiger partial charge in [0.2, 0.25) is 0 Å². The summed E-state index contributed by atoms with van der Waals surface area (Å²) in [5.41, 5.74) is 1.86. The third kappa shape index (κ3) is 7.68. The zero-order valence-corrected chi connectivity index (χ0v) is 16.4. The fraction of sp³-hybridized carbons (Fsp3) is 0.263. The van der Waals surface area contributed by atoms with Gasteiger partial charge < -0.3 is 10.1 Å². The average Bonchev–Trinajstić information content (AvgIpc) is 2.63. The van der Waals surface area contributed by atoms with Crippen LogP contribution in [0.4, 0.5) is 0 Å². The van der Waals surface area contributed by atoms with Crippen molar-refractivity contribution in [2.45, 2.75) is 12.2 Å². The Labute approximate surface area is 167 Å². The van der Waals surface area contributed by atoms with Crippen LogP contribution >= 0.6 is 35.0 Å². The van der Waals surface area contributed by atoms with Gasteiger partial charge in [0.1, 0.15) is 0 Å².